The second-order valence-corrected chi connectivity index (χ2v) is 9.31. The summed E-state index contributed by atoms with van der Waals surface area (Å²) in [5.41, 5.74) is 5.96. The van der Waals surface area contributed by atoms with E-state index in [1.165, 1.54) is 30.6 Å². The Hall–Kier alpha value is -3.39. The Morgan fingerprint density at radius 1 is 0.968 bits per heavy atom. The topological polar surface area (TPSA) is 198 Å². The standard InChI is InChI=1S/C18H14N4O7S2/c1-8-14(22-7-6-21-8)13-9-2-4-11(19)17(30(23,24)25)15(9)29-16-10(13)3-5-12(20)18(16)31(26,27)28/h2-7,19H,20H2,1H3,(H,23,24,25)(H,26,27,28). The third-order valence-corrected chi connectivity index (χ3v) is 6.49. The maximum atomic E-state index is 12.1. The third-order valence-electron chi connectivity index (χ3n) is 4.63. The Labute approximate surface area is 175 Å². The average molecular weight is 462 g/mol. The van der Waals surface area contributed by atoms with E-state index >= 15 is 0 Å². The molecule has 0 saturated carbocycles. The molecule has 1 aliphatic heterocycles. The van der Waals surface area contributed by atoms with E-state index < -0.39 is 46.7 Å². The summed E-state index contributed by atoms with van der Waals surface area (Å²) in [6.45, 7) is 1.63. The van der Waals surface area contributed by atoms with Gasteiger partial charge in [0, 0.05) is 28.9 Å². The summed E-state index contributed by atoms with van der Waals surface area (Å²) in [7, 11) is -9.87. The van der Waals surface area contributed by atoms with Crippen LogP contribution in [0.25, 0.3) is 33.6 Å². The number of rotatable bonds is 3. The molecule has 2 aliphatic rings. The van der Waals surface area contributed by atoms with Crippen LogP contribution >= 0.6 is 0 Å². The number of nitrogens with one attached hydrogen (secondary N) is 1. The molecule has 1 aliphatic carbocycles. The number of hydrogen-bond donors (Lipinski definition) is 4. The van der Waals surface area contributed by atoms with Crippen molar-refractivity contribution in [1.82, 2.24) is 9.97 Å². The minimum atomic E-state index is -4.96. The van der Waals surface area contributed by atoms with Crippen molar-refractivity contribution in [2.75, 3.05) is 5.73 Å². The normalized spacial score (nSPS) is 12.5. The van der Waals surface area contributed by atoms with E-state index in [4.69, 9.17) is 15.6 Å². The smallest absolute Gasteiger partial charge is 0.300 e. The van der Waals surface area contributed by atoms with Crippen LogP contribution < -0.4 is 11.1 Å². The summed E-state index contributed by atoms with van der Waals surface area (Å²) < 4.78 is 73.2. The Kier molecular flexibility index (Phi) is 4.59. The minimum Gasteiger partial charge on any atom is -0.453 e. The van der Waals surface area contributed by atoms with E-state index in [1.807, 2.05) is 0 Å². The number of anilines is 1. The molecule has 1 aromatic carbocycles. The molecule has 0 unspecified atom stereocenters. The van der Waals surface area contributed by atoms with Crippen molar-refractivity contribution in [2.45, 2.75) is 16.7 Å². The molecule has 13 heteroatoms. The zero-order valence-electron chi connectivity index (χ0n) is 15.7. The minimum absolute atomic E-state index is 0.116. The fourth-order valence-electron chi connectivity index (χ4n) is 3.41. The highest BCUT2D eigenvalue weighted by atomic mass is 32.2. The first-order valence-corrected chi connectivity index (χ1v) is 11.4. The van der Waals surface area contributed by atoms with Crippen LogP contribution in [0.3, 0.4) is 0 Å². The molecule has 0 amide bonds. The van der Waals surface area contributed by atoms with Gasteiger partial charge in [0.25, 0.3) is 20.2 Å². The number of nitrogens with two attached hydrogens (primary N) is 1. The maximum absolute atomic E-state index is 12.1. The summed E-state index contributed by atoms with van der Waals surface area (Å²) in [4.78, 5) is 6.77. The van der Waals surface area contributed by atoms with Crippen molar-refractivity contribution >= 4 is 36.9 Å². The molecule has 160 valence electrons. The number of aromatic nitrogens is 2. The summed E-state index contributed by atoms with van der Waals surface area (Å²) >= 11 is 0. The van der Waals surface area contributed by atoms with Crippen LogP contribution in [0.15, 0.2) is 50.9 Å². The summed E-state index contributed by atoms with van der Waals surface area (Å²) in [6.07, 6.45) is 2.82. The number of fused-ring (bicyclic) bond motifs is 2. The largest absolute Gasteiger partial charge is 0.453 e. The first kappa shape index (κ1) is 20.9. The Morgan fingerprint density at radius 3 is 2.23 bits per heavy atom. The van der Waals surface area contributed by atoms with Crippen LogP contribution in [-0.4, -0.2) is 35.9 Å². The number of nitrogens with zero attached hydrogens (tertiary/aromatic N) is 2. The molecule has 2 aromatic rings. The van der Waals surface area contributed by atoms with E-state index in [0.29, 0.717) is 5.69 Å². The monoisotopic (exact) mass is 462 g/mol. The van der Waals surface area contributed by atoms with Crippen molar-refractivity contribution in [2.24, 2.45) is 0 Å². The summed E-state index contributed by atoms with van der Waals surface area (Å²) in [5, 5.41) is 7.48. The van der Waals surface area contributed by atoms with E-state index in [9.17, 15) is 25.9 Å². The van der Waals surface area contributed by atoms with Crippen LogP contribution in [0.2, 0.25) is 0 Å². The second-order valence-electron chi connectivity index (χ2n) is 6.60. The zero-order valence-corrected chi connectivity index (χ0v) is 17.3. The van der Waals surface area contributed by atoms with Crippen LogP contribution in [-0.2, 0) is 20.2 Å². The van der Waals surface area contributed by atoms with Crippen molar-refractivity contribution in [3.63, 3.8) is 0 Å². The maximum Gasteiger partial charge on any atom is 0.300 e. The molecule has 0 bridgehead atoms. The molecule has 2 heterocycles. The number of nitrogen functional groups attached to an aromatic ring is 1. The van der Waals surface area contributed by atoms with Gasteiger partial charge >= 0.3 is 0 Å². The van der Waals surface area contributed by atoms with Gasteiger partial charge in [-0.3, -0.25) is 24.5 Å². The SMILES string of the molecule is Cc1nccnc1-c1c2ccc(=N)c(S(=O)(=O)O)c-2oc2c(S(=O)(=O)O)c(N)ccc12. The predicted molar refractivity (Wildman–Crippen MR) is 108 cm³/mol. The van der Waals surface area contributed by atoms with Crippen molar-refractivity contribution in [3.8, 4) is 22.6 Å². The first-order valence-electron chi connectivity index (χ1n) is 8.51. The van der Waals surface area contributed by atoms with Gasteiger partial charge < -0.3 is 10.2 Å². The molecule has 0 saturated heterocycles. The lowest BCUT2D eigenvalue weighted by atomic mass is 9.95. The summed E-state index contributed by atoms with van der Waals surface area (Å²) in [5.74, 6) is -0.502. The van der Waals surface area contributed by atoms with E-state index in [-0.39, 0.29) is 27.9 Å². The van der Waals surface area contributed by atoms with Gasteiger partial charge in [0.2, 0.25) is 0 Å². The van der Waals surface area contributed by atoms with Gasteiger partial charge in [0.05, 0.1) is 22.4 Å². The Bertz CT molecular complexity index is 1630. The van der Waals surface area contributed by atoms with Gasteiger partial charge in [-0.25, -0.2) is 0 Å². The first-order chi connectivity index (χ1) is 14.4. The highest BCUT2D eigenvalue weighted by molar-refractivity contribution is 7.86. The molecule has 5 N–H and O–H groups in total. The Morgan fingerprint density at radius 2 is 1.61 bits per heavy atom. The van der Waals surface area contributed by atoms with Crippen molar-refractivity contribution < 1.29 is 30.4 Å². The fraction of sp³-hybridized carbons (Fsp3) is 0.0556. The number of hydrogen-bond acceptors (Lipinski definition) is 9. The van der Waals surface area contributed by atoms with Crippen molar-refractivity contribution in [3.05, 3.63) is 47.7 Å². The highest BCUT2D eigenvalue weighted by Crippen LogP contribution is 2.44. The fourth-order valence-corrected chi connectivity index (χ4v) is 4.90. The van der Waals surface area contributed by atoms with Gasteiger partial charge in [-0.15, -0.1) is 0 Å². The third kappa shape index (κ3) is 3.33. The molecule has 0 atom stereocenters. The van der Waals surface area contributed by atoms with Crippen molar-refractivity contribution in [1.29, 1.82) is 5.41 Å². The van der Waals surface area contributed by atoms with Crippen LogP contribution in [0.5, 0.6) is 0 Å². The number of benzene rings is 2. The van der Waals surface area contributed by atoms with Gasteiger partial charge in [-0.2, -0.15) is 16.8 Å². The highest BCUT2D eigenvalue weighted by Gasteiger charge is 2.31. The quantitative estimate of drug-likeness (QED) is 0.198. The second kappa shape index (κ2) is 6.81. The Balaban J connectivity index is 2.40. The molecule has 0 spiro atoms. The zero-order chi connectivity index (χ0) is 22.7. The average Bonchev–Trinajstić information content (AvgIpc) is 2.64. The molecule has 0 fully saturated rings. The van der Waals surface area contributed by atoms with E-state index in [1.54, 1.807) is 6.92 Å². The lowest BCUT2D eigenvalue weighted by Crippen LogP contribution is -2.16. The van der Waals surface area contributed by atoms with Crippen LogP contribution in [0.1, 0.15) is 5.69 Å². The number of aryl methyl sites for hydroxylation is 1. The van der Waals surface area contributed by atoms with Gasteiger partial charge in [0.15, 0.2) is 21.1 Å². The summed E-state index contributed by atoms with van der Waals surface area (Å²) in [6, 6.07) is 5.18. The predicted octanol–water partition coefficient (Wildman–Crippen LogP) is 1.86. The van der Waals surface area contributed by atoms with Gasteiger partial charge in [0.1, 0.15) is 0 Å². The van der Waals surface area contributed by atoms with E-state index in [0.717, 1.165) is 6.07 Å². The molecular weight excluding hydrogens is 448 g/mol. The molecule has 1 aromatic heterocycles. The lowest BCUT2D eigenvalue weighted by Gasteiger charge is -2.18. The lowest BCUT2D eigenvalue weighted by molar-refractivity contribution is 0.477. The van der Waals surface area contributed by atoms with Gasteiger partial charge in [-0.1, -0.05) is 0 Å². The molecule has 11 nitrogen and oxygen atoms in total. The van der Waals surface area contributed by atoms with Gasteiger partial charge in [-0.05, 0) is 31.2 Å². The van der Waals surface area contributed by atoms with Crippen LogP contribution in [0.4, 0.5) is 5.69 Å². The van der Waals surface area contributed by atoms with E-state index in [2.05, 4.69) is 9.97 Å². The molecule has 0 radical (unpaired) electrons. The molecule has 4 rings (SSSR count). The molecular formula is C18H14N4O7S2. The van der Waals surface area contributed by atoms with Crippen LogP contribution in [0, 0.1) is 12.3 Å². The molecule has 31 heavy (non-hydrogen) atoms.